The second kappa shape index (κ2) is 7.02. The third-order valence-electron chi connectivity index (χ3n) is 3.91. The summed E-state index contributed by atoms with van der Waals surface area (Å²) >= 11 is 8.76. The molecule has 0 aliphatic carbocycles. The van der Waals surface area contributed by atoms with Crippen molar-refractivity contribution in [3.8, 4) is 11.3 Å². The summed E-state index contributed by atoms with van der Waals surface area (Å²) in [5.74, 6) is 0. The minimum absolute atomic E-state index is 0.737. The summed E-state index contributed by atoms with van der Waals surface area (Å²) in [5, 5.41) is 1.99. The van der Waals surface area contributed by atoms with Crippen LogP contribution in [0.25, 0.3) is 22.2 Å². The van der Waals surface area contributed by atoms with Crippen molar-refractivity contribution in [3.05, 3.63) is 56.6 Å². The Hall–Kier alpha value is -1.04. The summed E-state index contributed by atoms with van der Waals surface area (Å²) < 4.78 is 1.24. The molecule has 2 nitrogen and oxygen atoms in total. The largest absolute Gasteiger partial charge is 0.353 e. The lowest BCUT2D eigenvalue weighted by molar-refractivity contribution is 0.748. The fraction of sp³-hybridized carbons (Fsp3) is 0.222. The average Bonchev–Trinajstić information content (AvgIpc) is 2.88. The second-order valence-electron chi connectivity index (χ2n) is 5.37. The quantitative estimate of drug-likeness (QED) is 0.419. The van der Waals surface area contributed by atoms with Gasteiger partial charge >= 0.3 is 0 Å². The van der Waals surface area contributed by atoms with Crippen molar-refractivity contribution in [2.75, 3.05) is 6.54 Å². The number of unbranched alkanes of at least 4 members (excludes halogenated alkanes) is 1. The molecule has 1 aromatic heterocycles. The van der Waals surface area contributed by atoms with E-state index < -0.39 is 0 Å². The Morgan fingerprint density at radius 1 is 1.05 bits per heavy atom. The highest BCUT2D eigenvalue weighted by molar-refractivity contribution is 14.1. The number of para-hydroxylation sites is 1. The zero-order valence-corrected chi connectivity index (χ0v) is 15.1. The van der Waals surface area contributed by atoms with E-state index in [1.807, 2.05) is 12.1 Å². The van der Waals surface area contributed by atoms with Crippen molar-refractivity contribution >= 4 is 45.1 Å². The number of nitrogens with two attached hydrogens (primary N) is 1. The topological polar surface area (TPSA) is 41.8 Å². The molecule has 0 atom stereocenters. The third kappa shape index (κ3) is 3.03. The molecular formula is C18H18ClIN2. The third-order valence-corrected chi connectivity index (χ3v) is 5.17. The molecule has 0 spiro atoms. The molecule has 22 heavy (non-hydrogen) atoms. The molecule has 0 amide bonds. The van der Waals surface area contributed by atoms with Crippen LogP contribution in [-0.2, 0) is 6.42 Å². The van der Waals surface area contributed by atoms with Crippen LogP contribution in [0.1, 0.15) is 18.4 Å². The maximum atomic E-state index is 6.38. The fourth-order valence-electron chi connectivity index (χ4n) is 2.84. The standard InChI is InChI=1S/C18H18ClIN2/c19-15-9-5-8-13-12(6-3-4-11-21)17(22-18(13)15)14-7-1-2-10-16(14)20/h1-2,5,7-10,22H,3-4,6,11,21H2. The zero-order valence-electron chi connectivity index (χ0n) is 12.2. The monoisotopic (exact) mass is 424 g/mol. The van der Waals surface area contributed by atoms with Crippen molar-refractivity contribution in [2.45, 2.75) is 19.3 Å². The molecule has 0 fully saturated rings. The predicted molar refractivity (Wildman–Crippen MR) is 103 cm³/mol. The van der Waals surface area contributed by atoms with Gasteiger partial charge in [0.05, 0.1) is 16.2 Å². The van der Waals surface area contributed by atoms with Crippen LogP contribution in [0.5, 0.6) is 0 Å². The number of halogens is 2. The van der Waals surface area contributed by atoms with E-state index in [1.165, 1.54) is 25.8 Å². The normalized spacial score (nSPS) is 11.2. The van der Waals surface area contributed by atoms with Gasteiger partial charge in [-0.25, -0.2) is 0 Å². The summed E-state index contributed by atoms with van der Waals surface area (Å²) in [6.45, 7) is 0.737. The van der Waals surface area contributed by atoms with Gasteiger partial charge in [-0.15, -0.1) is 0 Å². The van der Waals surface area contributed by atoms with Crippen LogP contribution in [0, 0.1) is 3.57 Å². The molecule has 0 unspecified atom stereocenters. The Bertz CT molecular complexity index is 795. The Labute approximate surface area is 149 Å². The number of rotatable bonds is 5. The number of H-pyrrole nitrogens is 1. The molecule has 1 heterocycles. The van der Waals surface area contributed by atoms with Gasteiger partial charge in [0.25, 0.3) is 0 Å². The molecular weight excluding hydrogens is 407 g/mol. The van der Waals surface area contributed by atoms with E-state index in [1.54, 1.807) is 0 Å². The molecule has 114 valence electrons. The van der Waals surface area contributed by atoms with Crippen LogP contribution in [0.4, 0.5) is 0 Å². The minimum atomic E-state index is 0.737. The first-order valence-corrected chi connectivity index (χ1v) is 8.92. The molecule has 3 rings (SSSR count). The van der Waals surface area contributed by atoms with Gasteiger partial charge < -0.3 is 10.7 Å². The average molecular weight is 425 g/mol. The highest BCUT2D eigenvalue weighted by Crippen LogP contribution is 2.36. The van der Waals surface area contributed by atoms with E-state index in [2.05, 4.69) is 57.9 Å². The van der Waals surface area contributed by atoms with Gasteiger partial charge in [0, 0.05) is 14.5 Å². The van der Waals surface area contributed by atoms with Crippen LogP contribution in [0.3, 0.4) is 0 Å². The van der Waals surface area contributed by atoms with E-state index in [0.717, 1.165) is 36.3 Å². The first-order valence-electron chi connectivity index (χ1n) is 7.46. The number of aromatic amines is 1. The van der Waals surface area contributed by atoms with Gasteiger partial charge in [0.1, 0.15) is 0 Å². The Morgan fingerprint density at radius 2 is 1.86 bits per heavy atom. The summed E-state index contributed by atoms with van der Waals surface area (Å²) in [4.78, 5) is 3.55. The lowest BCUT2D eigenvalue weighted by Gasteiger charge is -2.07. The number of aryl methyl sites for hydroxylation is 1. The molecule has 2 aromatic carbocycles. The van der Waals surface area contributed by atoms with Crippen molar-refractivity contribution in [1.29, 1.82) is 0 Å². The van der Waals surface area contributed by atoms with Crippen molar-refractivity contribution < 1.29 is 0 Å². The molecule has 0 aliphatic rings. The van der Waals surface area contributed by atoms with Gasteiger partial charge in [-0.05, 0) is 66.1 Å². The molecule has 0 radical (unpaired) electrons. The maximum Gasteiger partial charge on any atom is 0.0651 e. The molecule has 0 bridgehead atoms. The van der Waals surface area contributed by atoms with Gasteiger partial charge in [-0.1, -0.05) is 41.9 Å². The number of nitrogens with one attached hydrogen (secondary N) is 1. The van der Waals surface area contributed by atoms with E-state index in [0.29, 0.717) is 0 Å². The number of benzene rings is 2. The Balaban J connectivity index is 2.17. The van der Waals surface area contributed by atoms with Gasteiger partial charge in [-0.2, -0.15) is 0 Å². The molecule has 0 saturated heterocycles. The summed E-state index contributed by atoms with van der Waals surface area (Å²) in [6, 6.07) is 14.5. The van der Waals surface area contributed by atoms with Crippen LogP contribution in [-0.4, -0.2) is 11.5 Å². The van der Waals surface area contributed by atoms with E-state index in [4.69, 9.17) is 17.3 Å². The SMILES string of the molecule is NCCCCc1c(-c2ccccc2I)[nH]c2c(Cl)cccc12. The summed E-state index contributed by atoms with van der Waals surface area (Å²) in [5.41, 5.74) is 10.4. The molecule has 0 aliphatic heterocycles. The lowest BCUT2D eigenvalue weighted by atomic mass is 10.0. The summed E-state index contributed by atoms with van der Waals surface area (Å²) in [6.07, 6.45) is 3.14. The molecule has 3 N–H and O–H groups in total. The van der Waals surface area contributed by atoms with Crippen LogP contribution in [0.15, 0.2) is 42.5 Å². The van der Waals surface area contributed by atoms with E-state index in [9.17, 15) is 0 Å². The first kappa shape index (κ1) is 15.8. The second-order valence-corrected chi connectivity index (χ2v) is 6.94. The number of aromatic nitrogens is 1. The van der Waals surface area contributed by atoms with E-state index >= 15 is 0 Å². The number of fused-ring (bicyclic) bond motifs is 1. The molecule has 0 saturated carbocycles. The van der Waals surface area contributed by atoms with Crippen molar-refractivity contribution in [1.82, 2.24) is 4.98 Å². The number of hydrogen-bond donors (Lipinski definition) is 2. The maximum absolute atomic E-state index is 6.38. The van der Waals surface area contributed by atoms with Gasteiger partial charge in [0.2, 0.25) is 0 Å². The van der Waals surface area contributed by atoms with E-state index in [-0.39, 0.29) is 0 Å². The molecule has 4 heteroatoms. The minimum Gasteiger partial charge on any atom is -0.353 e. The zero-order chi connectivity index (χ0) is 15.5. The number of hydrogen-bond acceptors (Lipinski definition) is 1. The smallest absolute Gasteiger partial charge is 0.0651 e. The van der Waals surface area contributed by atoms with Crippen LogP contribution >= 0.6 is 34.2 Å². The lowest BCUT2D eigenvalue weighted by Crippen LogP contribution is -1.99. The van der Waals surface area contributed by atoms with Gasteiger partial charge in [0.15, 0.2) is 0 Å². The van der Waals surface area contributed by atoms with Crippen LogP contribution < -0.4 is 5.73 Å². The van der Waals surface area contributed by atoms with Crippen molar-refractivity contribution in [3.63, 3.8) is 0 Å². The van der Waals surface area contributed by atoms with Crippen LogP contribution in [0.2, 0.25) is 5.02 Å². The molecule has 3 aromatic rings. The highest BCUT2D eigenvalue weighted by Gasteiger charge is 2.16. The van der Waals surface area contributed by atoms with Crippen molar-refractivity contribution in [2.24, 2.45) is 5.73 Å². The first-order chi connectivity index (χ1) is 10.7. The highest BCUT2D eigenvalue weighted by atomic mass is 127. The Kier molecular flexibility index (Phi) is 5.06. The Morgan fingerprint density at radius 3 is 2.64 bits per heavy atom. The predicted octanol–water partition coefficient (Wildman–Crippen LogP) is 5.37. The van der Waals surface area contributed by atoms with Gasteiger partial charge in [-0.3, -0.25) is 0 Å². The summed E-state index contributed by atoms with van der Waals surface area (Å²) in [7, 11) is 0. The fourth-order valence-corrected chi connectivity index (χ4v) is 3.72.